The summed E-state index contributed by atoms with van der Waals surface area (Å²) in [5, 5.41) is 12.4. The van der Waals surface area contributed by atoms with Crippen LogP contribution in [-0.2, 0) is 6.54 Å². The van der Waals surface area contributed by atoms with Gasteiger partial charge in [-0.25, -0.2) is 0 Å². The van der Waals surface area contributed by atoms with Crippen LogP contribution < -0.4 is 5.32 Å². The maximum absolute atomic E-state index is 8.93. The number of benzene rings is 1. The highest BCUT2D eigenvalue weighted by molar-refractivity contribution is 5.37. The topological polar surface area (TPSA) is 39.1 Å². The molecule has 1 atom stereocenters. The molecule has 1 N–H and O–H groups in total. The Kier molecular flexibility index (Phi) is 5.58. The number of hydrogen-bond acceptors (Lipinski definition) is 3. The third kappa shape index (κ3) is 4.06. The highest BCUT2D eigenvalue weighted by atomic mass is 15.1. The molecular formula is C17H25N3. The minimum absolute atomic E-state index is 0.755. The first kappa shape index (κ1) is 15.0. The second-order valence-electron chi connectivity index (χ2n) is 5.79. The molecule has 1 fully saturated rings. The molecule has 0 aliphatic carbocycles. The number of aryl methyl sites for hydroxylation is 1. The summed E-state index contributed by atoms with van der Waals surface area (Å²) in [6.45, 7) is 9.91. The van der Waals surface area contributed by atoms with Gasteiger partial charge < -0.3 is 5.32 Å². The van der Waals surface area contributed by atoms with Crippen molar-refractivity contribution in [2.45, 2.75) is 33.2 Å². The van der Waals surface area contributed by atoms with Gasteiger partial charge in [-0.05, 0) is 68.6 Å². The lowest BCUT2D eigenvalue weighted by Crippen LogP contribution is -2.38. The van der Waals surface area contributed by atoms with Gasteiger partial charge in [-0.1, -0.05) is 13.0 Å². The molecule has 1 aromatic carbocycles. The molecule has 2 rings (SSSR count). The normalized spacial score (nSPS) is 19.0. The van der Waals surface area contributed by atoms with Crippen LogP contribution in [0.5, 0.6) is 0 Å². The smallest absolute Gasteiger partial charge is 0.0991 e. The summed E-state index contributed by atoms with van der Waals surface area (Å²) < 4.78 is 0. The molecule has 1 aliphatic heterocycles. The molecule has 3 heteroatoms. The van der Waals surface area contributed by atoms with Crippen LogP contribution in [0.4, 0.5) is 0 Å². The molecule has 1 unspecified atom stereocenters. The van der Waals surface area contributed by atoms with Crippen molar-refractivity contribution in [3.05, 3.63) is 34.9 Å². The molecule has 0 amide bonds. The van der Waals surface area contributed by atoms with Gasteiger partial charge in [0.2, 0.25) is 0 Å². The third-order valence-corrected chi connectivity index (χ3v) is 4.23. The summed E-state index contributed by atoms with van der Waals surface area (Å²) in [4.78, 5) is 2.52. The molecule has 108 valence electrons. The van der Waals surface area contributed by atoms with Crippen molar-refractivity contribution in [3.8, 4) is 6.07 Å². The summed E-state index contributed by atoms with van der Waals surface area (Å²) in [7, 11) is 0. The molecule has 0 spiro atoms. The van der Waals surface area contributed by atoms with E-state index in [2.05, 4.69) is 36.2 Å². The molecule has 1 heterocycles. The van der Waals surface area contributed by atoms with Gasteiger partial charge in [0.1, 0.15) is 0 Å². The van der Waals surface area contributed by atoms with E-state index in [1.165, 1.54) is 37.1 Å². The van der Waals surface area contributed by atoms with Gasteiger partial charge >= 0.3 is 0 Å². The van der Waals surface area contributed by atoms with Gasteiger partial charge in [0.05, 0.1) is 11.6 Å². The fourth-order valence-corrected chi connectivity index (χ4v) is 2.93. The Morgan fingerprint density at radius 2 is 2.30 bits per heavy atom. The van der Waals surface area contributed by atoms with E-state index in [0.717, 1.165) is 31.1 Å². The largest absolute Gasteiger partial charge is 0.316 e. The first-order valence-corrected chi connectivity index (χ1v) is 7.65. The Hall–Kier alpha value is -1.37. The van der Waals surface area contributed by atoms with Crippen molar-refractivity contribution >= 4 is 0 Å². The van der Waals surface area contributed by atoms with Gasteiger partial charge in [-0.3, -0.25) is 4.90 Å². The first-order valence-electron chi connectivity index (χ1n) is 7.65. The molecule has 0 saturated carbocycles. The number of rotatable bonds is 5. The van der Waals surface area contributed by atoms with E-state index in [1.54, 1.807) is 0 Å². The summed E-state index contributed by atoms with van der Waals surface area (Å²) in [6, 6.07) is 8.23. The van der Waals surface area contributed by atoms with Crippen LogP contribution in [0.2, 0.25) is 0 Å². The Labute approximate surface area is 122 Å². The van der Waals surface area contributed by atoms with Crippen LogP contribution in [0.15, 0.2) is 18.2 Å². The van der Waals surface area contributed by atoms with Crippen molar-refractivity contribution in [3.63, 3.8) is 0 Å². The van der Waals surface area contributed by atoms with Crippen LogP contribution >= 0.6 is 0 Å². The predicted octanol–water partition coefficient (Wildman–Crippen LogP) is 2.69. The summed E-state index contributed by atoms with van der Waals surface area (Å²) in [5.41, 5.74) is 3.32. The molecule has 0 bridgehead atoms. The van der Waals surface area contributed by atoms with E-state index >= 15 is 0 Å². The molecule has 20 heavy (non-hydrogen) atoms. The SMILES string of the molecule is CCN(Cc1ccc(C#N)cc1C)CC1CCCNC1. The van der Waals surface area contributed by atoms with E-state index in [1.807, 2.05) is 12.1 Å². The van der Waals surface area contributed by atoms with Crippen molar-refractivity contribution in [2.24, 2.45) is 5.92 Å². The van der Waals surface area contributed by atoms with Crippen LogP contribution in [0.3, 0.4) is 0 Å². The molecule has 1 saturated heterocycles. The lowest BCUT2D eigenvalue weighted by molar-refractivity contribution is 0.209. The maximum Gasteiger partial charge on any atom is 0.0991 e. The predicted molar refractivity (Wildman–Crippen MR) is 82.4 cm³/mol. The summed E-state index contributed by atoms with van der Waals surface area (Å²) in [5.74, 6) is 0.780. The minimum Gasteiger partial charge on any atom is -0.316 e. The fraction of sp³-hybridized carbons (Fsp3) is 0.588. The number of nitriles is 1. The highest BCUT2D eigenvalue weighted by Gasteiger charge is 2.16. The monoisotopic (exact) mass is 271 g/mol. The zero-order chi connectivity index (χ0) is 14.4. The van der Waals surface area contributed by atoms with Crippen molar-refractivity contribution in [1.29, 1.82) is 5.26 Å². The standard InChI is InChI=1S/C17H25N3/c1-3-20(12-16-5-4-8-19-11-16)13-17-7-6-15(10-18)9-14(17)2/h6-7,9,16,19H,3-5,8,11-13H2,1-2H3. The molecule has 1 aliphatic rings. The molecule has 1 aromatic rings. The Morgan fingerprint density at radius 1 is 1.45 bits per heavy atom. The first-order chi connectivity index (χ1) is 9.72. The van der Waals surface area contributed by atoms with Crippen molar-refractivity contribution in [1.82, 2.24) is 10.2 Å². The lowest BCUT2D eigenvalue weighted by Gasteiger charge is -2.29. The van der Waals surface area contributed by atoms with Gasteiger partial charge in [0.25, 0.3) is 0 Å². The van der Waals surface area contributed by atoms with Crippen LogP contribution in [0, 0.1) is 24.2 Å². The summed E-state index contributed by atoms with van der Waals surface area (Å²) in [6.07, 6.45) is 2.65. The fourth-order valence-electron chi connectivity index (χ4n) is 2.93. The highest BCUT2D eigenvalue weighted by Crippen LogP contribution is 2.16. The van der Waals surface area contributed by atoms with E-state index in [9.17, 15) is 0 Å². The molecule has 3 nitrogen and oxygen atoms in total. The quantitative estimate of drug-likeness (QED) is 0.895. The Balaban J connectivity index is 1.97. The maximum atomic E-state index is 8.93. The zero-order valence-electron chi connectivity index (χ0n) is 12.7. The van der Waals surface area contributed by atoms with E-state index in [-0.39, 0.29) is 0 Å². The van der Waals surface area contributed by atoms with E-state index in [0.29, 0.717) is 0 Å². The lowest BCUT2D eigenvalue weighted by atomic mass is 9.98. The molecule has 0 radical (unpaired) electrons. The van der Waals surface area contributed by atoms with Gasteiger partial charge in [-0.2, -0.15) is 5.26 Å². The summed E-state index contributed by atoms with van der Waals surface area (Å²) >= 11 is 0. The van der Waals surface area contributed by atoms with Gasteiger partial charge in [-0.15, -0.1) is 0 Å². The average molecular weight is 271 g/mol. The van der Waals surface area contributed by atoms with Crippen molar-refractivity contribution in [2.75, 3.05) is 26.2 Å². The average Bonchev–Trinajstić information content (AvgIpc) is 2.49. The van der Waals surface area contributed by atoms with E-state index < -0.39 is 0 Å². The number of nitrogens with one attached hydrogen (secondary N) is 1. The Morgan fingerprint density at radius 3 is 2.90 bits per heavy atom. The van der Waals surface area contributed by atoms with Crippen LogP contribution in [-0.4, -0.2) is 31.1 Å². The number of nitrogens with zero attached hydrogens (tertiary/aromatic N) is 2. The number of hydrogen-bond donors (Lipinski definition) is 1. The Bertz CT molecular complexity index is 470. The second-order valence-corrected chi connectivity index (χ2v) is 5.79. The second kappa shape index (κ2) is 7.42. The van der Waals surface area contributed by atoms with Crippen LogP contribution in [0.1, 0.15) is 36.5 Å². The third-order valence-electron chi connectivity index (χ3n) is 4.23. The van der Waals surface area contributed by atoms with Gasteiger partial charge in [0, 0.05) is 13.1 Å². The number of piperidine rings is 1. The molecule has 0 aromatic heterocycles. The van der Waals surface area contributed by atoms with Crippen LogP contribution in [0.25, 0.3) is 0 Å². The van der Waals surface area contributed by atoms with Crippen molar-refractivity contribution < 1.29 is 0 Å². The minimum atomic E-state index is 0.755. The zero-order valence-corrected chi connectivity index (χ0v) is 12.7. The molecular weight excluding hydrogens is 246 g/mol. The van der Waals surface area contributed by atoms with Gasteiger partial charge in [0.15, 0.2) is 0 Å². The van der Waals surface area contributed by atoms with E-state index in [4.69, 9.17) is 5.26 Å².